The molecule has 1 aromatic heterocycles. The Kier molecular flexibility index (Phi) is 3.96. The molecule has 112 valence electrons. The standard InChI is InChI=1S/C18H23NO2/c1-13-6-5-9-18(10-13,21-2)17(20)16-12-19-11-14-7-3-4-8-15(14)16/h3-4,7-8,11-13,17,20H,5-6,9-10H2,1-2H3. The highest BCUT2D eigenvalue weighted by Crippen LogP contribution is 2.44. The van der Waals surface area contributed by atoms with E-state index >= 15 is 0 Å². The Balaban J connectivity index is 2.04. The second-order valence-electron chi connectivity index (χ2n) is 6.32. The third-order valence-corrected chi connectivity index (χ3v) is 4.89. The van der Waals surface area contributed by atoms with E-state index in [2.05, 4.69) is 11.9 Å². The number of fused-ring (bicyclic) bond motifs is 1. The zero-order chi connectivity index (χ0) is 14.9. The molecule has 1 aromatic carbocycles. The number of nitrogens with zero attached hydrogens (tertiary/aromatic N) is 1. The number of pyridine rings is 1. The molecule has 0 saturated heterocycles. The van der Waals surface area contributed by atoms with Crippen LogP contribution in [0, 0.1) is 5.92 Å². The van der Waals surface area contributed by atoms with Gasteiger partial charge in [-0.3, -0.25) is 4.98 Å². The normalized spacial score (nSPS) is 27.7. The lowest BCUT2D eigenvalue weighted by Gasteiger charge is -2.42. The van der Waals surface area contributed by atoms with Gasteiger partial charge in [0.05, 0.1) is 5.60 Å². The largest absolute Gasteiger partial charge is 0.385 e. The van der Waals surface area contributed by atoms with Crippen molar-refractivity contribution in [1.82, 2.24) is 4.98 Å². The van der Waals surface area contributed by atoms with Crippen LogP contribution in [0.3, 0.4) is 0 Å². The smallest absolute Gasteiger partial charge is 0.110 e. The highest BCUT2D eigenvalue weighted by atomic mass is 16.5. The topological polar surface area (TPSA) is 42.4 Å². The first-order valence-corrected chi connectivity index (χ1v) is 7.72. The van der Waals surface area contributed by atoms with E-state index in [0.717, 1.165) is 35.6 Å². The van der Waals surface area contributed by atoms with E-state index in [4.69, 9.17) is 4.74 Å². The minimum absolute atomic E-state index is 0.483. The summed E-state index contributed by atoms with van der Waals surface area (Å²) >= 11 is 0. The predicted octanol–water partition coefficient (Wildman–Crippen LogP) is 3.86. The SMILES string of the molecule is COC1(C(O)c2cncc3ccccc23)CCCC(C)C1. The van der Waals surface area contributed by atoms with Crippen LogP contribution in [-0.2, 0) is 4.74 Å². The molecule has 0 amide bonds. The molecule has 0 radical (unpaired) electrons. The Labute approximate surface area is 126 Å². The quantitative estimate of drug-likeness (QED) is 0.931. The van der Waals surface area contributed by atoms with Crippen molar-refractivity contribution in [2.45, 2.75) is 44.3 Å². The Morgan fingerprint density at radius 2 is 2.14 bits per heavy atom. The second kappa shape index (κ2) is 5.74. The summed E-state index contributed by atoms with van der Waals surface area (Å²) < 4.78 is 5.84. The zero-order valence-corrected chi connectivity index (χ0v) is 12.7. The molecule has 3 nitrogen and oxygen atoms in total. The van der Waals surface area contributed by atoms with Gasteiger partial charge >= 0.3 is 0 Å². The van der Waals surface area contributed by atoms with E-state index < -0.39 is 11.7 Å². The van der Waals surface area contributed by atoms with Crippen LogP contribution in [0.4, 0.5) is 0 Å². The molecule has 1 aliphatic rings. The van der Waals surface area contributed by atoms with Gasteiger partial charge in [-0.2, -0.15) is 0 Å². The van der Waals surface area contributed by atoms with Gasteiger partial charge in [0.25, 0.3) is 0 Å². The van der Waals surface area contributed by atoms with Crippen molar-refractivity contribution in [1.29, 1.82) is 0 Å². The summed E-state index contributed by atoms with van der Waals surface area (Å²) in [7, 11) is 1.72. The second-order valence-corrected chi connectivity index (χ2v) is 6.32. The van der Waals surface area contributed by atoms with E-state index in [9.17, 15) is 5.11 Å². The van der Waals surface area contributed by atoms with E-state index in [1.807, 2.05) is 30.5 Å². The van der Waals surface area contributed by atoms with E-state index in [-0.39, 0.29) is 0 Å². The molecule has 1 aliphatic carbocycles. The lowest BCUT2D eigenvalue weighted by Crippen LogP contribution is -2.42. The van der Waals surface area contributed by atoms with Crippen molar-refractivity contribution >= 4 is 10.8 Å². The number of benzene rings is 1. The number of hydrogen-bond acceptors (Lipinski definition) is 3. The molecule has 1 N–H and O–H groups in total. The van der Waals surface area contributed by atoms with Crippen molar-refractivity contribution in [3.05, 3.63) is 42.2 Å². The van der Waals surface area contributed by atoms with Crippen molar-refractivity contribution in [2.24, 2.45) is 5.92 Å². The molecule has 3 heteroatoms. The lowest BCUT2D eigenvalue weighted by atomic mass is 9.73. The van der Waals surface area contributed by atoms with Gasteiger partial charge in [-0.15, -0.1) is 0 Å². The number of aliphatic hydroxyl groups is 1. The summed E-state index contributed by atoms with van der Waals surface area (Å²) in [6.07, 6.45) is 7.10. The van der Waals surface area contributed by atoms with Gasteiger partial charge in [0.15, 0.2) is 0 Å². The molecular formula is C18H23NO2. The minimum atomic E-state index is -0.635. The van der Waals surface area contributed by atoms with Crippen LogP contribution in [0.15, 0.2) is 36.7 Å². The molecule has 0 bridgehead atoms. The molecule has 2 aromatic rings. The molecular weight excluding hydrogens is 262 g/mol. The van der Waals surface area contributed by atoms with Crippen LogP contribution in [0.5, 0.6) is 0 Å². The van der Waals surface area contributed by atoms with Crippen molar-refractivity contribution in [3.63, 3.8) is 0 Å². The summed E-state index contributed by atoms with van der Waals surface area (Å²) in [6, 6.07) is 8.07. The number of aromatic nitrogens is 1. The van der Waals surface area contributed by atoms with Crippen molar-refractivity contribution in [2.75, 3.05) is 7.11 Å². The molecule has 1 saturated carbocycles. The summed E-state index contributed by atoms with van der Waals surface area (Å²) in [4.78, 5) is 4.30. The average Bonchev–Trinajstić information content (AvgIpc) is 2.53. The maximum atomic E-state index is 11.0. The fourth-order valence-electron chi connectivity index (χ4n) is 3.73. The minimum Gasteiger partial charge on any atom is -0.385 e. The van der Waals surface area contributed by atoms with Crippen molar-refractivity contribution < 1.29 is 9.84 Å². The number of methoxy groups -OCH3 is 1. The summed E-state index contributed by atoms with van der Waals surface area (Å²) in [5.41, 5.74) is 0.396. The number of ether oxygens (including phenoxy) is 1. The predicted molar refractivity (Wildman–Crippen MR) is 84.1 cm³/mol. The molecule has 1 heterocycles. The van der Waals surface area contributed by atoms with E-state index in [1.54, 1.807) is 13.3 Å². The summed E-state index contributed by atoms with van der Waals surface area (Å²) in [5.74, 6) is 0.580. The first kappa shape index (κ1) is 14.5. The monoisotopic (exact) mass is 285 g/mol. The van der Waals surface area contributed by atoms with Gasteiger partial charge in [0.1, 0.15) is 6.10 Å². The van der Waals surface area contributed by atoms with E-state index in [0.29, 0.717) is 5.92 Å². The van der Waals surface area contributed by atoms with Gasteiger partial charge in [0, 0.05) is 30.5 Å². The highest BCUT2D eigenvalue weighted by molar-refractivity contribution is 5.85. The maximum Gasteiger partial charge on any atom is 0.110 e. The Morgan fingerprint density at radius 3 is 2.90 bits per heavy atom. The first-order chi connectivity index (χ1) is 10.2. The molecule has 0 aliphatic heterocycles. The first-order valence-electron chi connectivity index (χ1n) is 7.72. The third kappa shape index (κ3) is 2.56. The van der Waals surface area contributed by atoms with Gasteiger partial charge in [0.2, 0.25) is 0 Å². The number of rotatable bonds is 3. The van der Waals surface area contributed by atoms with Crippen LogP contribution >= 0.6 is 0 Å². The number of hydrogen-bond donors (Lipinski definition) is 1. The van der Waals surface area contributed by atoms with E-state index in [1.165, 1.54) is 6.42 Å². The lowest BCUT2D eigenvalue weighted by molar-refractivity contribution is -0.133. The maximum absolute atomic E-state index is 11.0. The van der Waals surface area contributed by atoms with Gasteiger partial charge < -0.3 is 9.84 Å². The molecule has 3 rings (SSSR count). The van der Waals surface area contributed by atoms with Crippen LogP contribution < -0.4 is 0 Å². The summed E-state index contributed by atoms with van der Waals surface area (Å²) in [6.45, 7) is 2.24. The highest BCUT2D eigenvalue weighted by Gasteiger charge is 2.42. The molecule has 3 unspecified atom stereocenters. The molecule has 3 atom stereocenters. The molecule has 21 heavy (non-hydrogen) atoms. The Hall–Kier alpha value is -1.45. The van der Waals surface area contributed by atoms with Gasteiger partial charge in [-0.25, -0.2) is 0 Å². The average molecular weight is 285 g/mol. The fourth-order valence-corrected chi connectivity index (χ4v) is 3.73. The Bertz CT molecular complexity index is 622. The van der Waals surface area contributed by atoms with Crippen LogP contribution in [0.2, 0.25) is 0 Å². The van der Waals surface area contributed by atoms with Crippen LogP contribution in [0.1, 0.15) is 44.3 Å². The van der Waals surface area contributed by atoms with Gasteiger partial charge in [-0.1, -0.05) is 44.0 Å². The zero-order valence-electron chi connectivity index (χ0n) is 12.7. The Morgan fingerprint density at radius 1 is 1.33 bits per heavy atom. The van der Waals surface area contributed by atoms with Crippen LogP contribution in [-0.4, -0.2) is 22.8 Å². The third-order valence-electron chi connectivity index (χ3n) is 4.89. The molecule has 0 spiro atoms. The van der Waals surface area contributed by atoms with Gasteiger partial charge in [-0.05, 0) is 24.1 Å². The number of aliphatic hydroxyl groups excluding tert-OH is 1. The fraction of sp³-hybridized carbons (Fsp3) is 0.500. The summed E-state index contributed by atoms with van der Waals surface area (Å²) in [5, 5.41) is 13.2. The van der Waals surface area contributed by atoms with Crippen LogP contribution in [0.25, 0.3) is 10.8 Å². The molecule has 1 fully saturated rings. The van der Waals surface area contributed by atoms with Crippen molar-refractivity contribution in [3.8, 4) is 0 Å².